The van der Waals surface area contributed by atoms with Crippen LogP contribution in [-0.2, 0) is 9.59 Å². The van der Waals surface area contributed by atoms with E-state index in [4.69, 9.17) is 0 Å². The highest BCUT2D eigenvalue weighted by molar-refractivity contribution is 5.93. The zero-order chi connectivity index (χ0) is 18.1. The lowest BCUT2D eigenvalue weighted by Crippen LogP contribution is -2.43. The van der Waals surface area contributed by atoms with E-state index in [9.17, 15) is 9.59 Å². The molecule has 3 aliphatic rings. The molecule has 0 aromatic carbocycles. The minimum absolute atomic E-state index is 0.0332. The van der Waals surface area contributed by atoms with Gasteiger partial charge in [-0.05, 0) is 69.4 Å². The molecule has 1 N–H and O–H groups in total. The highest BCUT2D eigenvalue weighted by atomic mass is 16.2. The van der Waals surface area contributed by atoms with E-state index in [2.05, 4.69) is 10.3 Å². The molecule has 0 spiro atoms. The number of carbonyl (C=O) groups is 2. The Balaban J connectivity index is 1.38. The molecule has 1 aromatic heterocycles. The molecular weight excluding hydrogens is 326 g/mol. The maximum Gasteiger partial charge on any atom is 0.246 e. The molecular formula is C21H27N3O2. The van der Waals surface area contributed by atoms with E-state index in [0.717, 1.165) is 25.1 Å². The Hall–Kier alpha value is -2.17. The Bertz CT molecular complexity index is 721. The van der Waals surface area contributed by atoms with Crippen molar-refractivity contribution < 1.29 is 9.59 Å². The molecule has 2 amide bonds. The van der Waals surface area contributed by atoms with Gasteiger partial charge in [0.2, 0.25) is 11.8 Å². The predicted molar refractivity (Wildman–Crippen MR) is 100 cm³/mol. The molecule has 2 saturated carbocycles. The second kappa shape index (κ2) is 7.22. The van der Waals surface area contributed by atoms with Gasteiger partial charge in [0, 0.05) is 24.9 Å². The van der Waals surface area contributed by atoms with Crippen LogP contribution in [0.2, 0.25) is 0 Å². The van der Waals surface area contributed by atoms with E-state index in [1.807, 2.05) is 30.0 Å². The zero-order valence-electron chi connectivity index (χ0n) is 15.4. The van der Waals surface area contributed by atoms with E-state index in [1.54, 1.807) is 6.07 Å². The second-order valence-corrected chi connectivity index (χ2v) is 7.97. The highest BCUT2D eigenvalue weighted by Gasteiger charge is 2.37. The van der Waals surface area contributed by atoms with E-state index in [1.165, 1.54) is 31.3 Å². The second-order valence-electron chi connectivity index (χ2n) is 7.97. The van der Waals surface area contributed by atoms with Crippen LogP contribution in [0.4, 0.5) is 5.82 Å². The summed E-state index contributed by atoms with van der Waals surface area (Å²) in [7, 11) is 0. The number of nitrogens with one attached hydrogen (secondary N) is 1. The number of aryl methyl sites for hydroxylation is 1. The van der Waals surface area contributed by atoms with Crippen molar-refractivity contribution in [2.45, 2.75) is 45.4 Å². The van der Waals surface area contributed by atoms with Crippen molar-refractivity contribution in [2.24, 2.45) is 17.8 Å². The van der Waals surface area contributed by atoms with Crippen molar-refractivity contribution in [1.82, 2.24) is 9.88 Å². The number of rotatable bonds is 5. The van der Waals surface area contributed by atoms with Gasteiger partial charge in [0.05, 0.1) is 5.92 Å². The van der Waals surface area contributed by atoms with Gasteiger partial charge in [0.1, 0.15) is 5.82 Å². The standard InChI is InChI=1S/C21H27N3O2/c1-14-4-2-6-19(22-14)23-21(26)17-5-3-11-24(13-17)20(25)12-18(15-7-8-15)16-9-10-16/h2,4,6,12,15-17H,3,5,7-11,13H2,1H3,(H,22,23,26). The van der Waals surface area contributed by atoms with Gasteiger partial charge in [-0.15, -0.1) is 0 Å². The maximum absolute atomic E-state index is 12.7. The molecule has 26 heavy (non-hydrogen) atoms. The first-order valence-corrected chi connectivity index (χ1v) is 9.85. The van der Waals surface area contributed by atoms with Gasteiger partial charge in [-0.25, -0.2) is 4.98 Å². The summed E-state index contributed by atoms with van der Waals surface area (Å²) in [6.07, 6.45) is 8.56. The van der Waals surface area contributed by atoms with Gasteiger partial charge >= 0.3 is 0 Å². The molecule has 1 unspecified atom stereocenters. The third kappa shape index (κ3) is 4.14. The summed E-state index contributed by atoms with van der Waals surface area (Å²) in [6, 6.07) is 5.59. The van der Waals surface area contributed by atoms with Crippen molar-refractivity contribution in [3.63, 3.8) is 0 Å². The number of hydrogen-bond acceptors (Lipinski definition) is 3. The number of amides is 2. The van der Waals surface area contributed by atoms with Gasteiger partial charge in [0.15, 0.2) is 0 Å². The van der Waals surface area contributed by atoms with Crippen molar-refractivity contribution in [1.29, 1.82) is 0 Å². The summed E-state index contributed by atoms with van der Waals surface area (Å²) in [5.41, 5.74) is 2.26. The van der Waals surface area contributed by atoms with Gasteiger partial charge in [-0.1, -0.05) is 11.6 Å². The van der Waals surface area contributed by atoms with E-state index in [0.29, 0.717) is 24.2 Å². The quantitative estimate of drug-likeness (QED) is 0.826. The monoisotopic (exact) mass is 353 g/mol. The number of aromatic nitrogens is 1. The SMILES string of the molecule is Cc1cccc(NC(=O)C2CCCN(C(=O)C=C(C3CC3)C3CC3)C2)n1. The van der Waals surface area contributed by atoms with Gasteiger partial charge in [-0.2, -0.15) is 0 Å². The van der Waals surface area contributed by atoms with Crippen LogP contribution in [0, 0.1) is 24.7 Å². The van der Waals surface area contributed by atoms with Crippen molar-refractivity contribution in [2.75, 3.05) is 18.4 Å². The fourth-order valence-electron chi connectivity index (χ4n) is 3.87. The number of hydrogen-bond donors (Lipinski definition) is 1. The Morgan fingerprint density at radius 1 is 1.12 bits per heavy atom. The fourth-order valence-corrected chi connectivity index (χ4v) is 3.87. The van der Waals surface area contributed by atoms with Crippen molar-refractivity contribution in [3.05, 3.63) is 35.5 Å². The number of allylic oxidation sites excluding steroid dienone is 1. The van der Waals surface area contributed by atoms with Crippen LogP contribution in [0.5, 0.6) is 0 Å². The number of nitrogens with zero attached hydrogens (tertiary/aromatic N) is 2. The van der Waals surface area contributed by atoms with Crippen LogP contribution in [0.25, 0.3) is 0 Å². The Morgan fingerprint density at radius 2 is 1.85 bits per heavy atom. The van der Waals surface area contributed by atoms with E-state index < -0.39 is 0 Å². The van der Waals surface area contributed by atoms with Crippen LogP contribution in [0.1, 0.15) is 44.2 Å². The Labute approximate surface area is 154 Å². The first-order chi connectivity index (χ1) is 12.6. The molecule has 1 aliphatic heterocycles. The lowest BCUT2D eigenvalue weighted by atomic mass is 9.96. The Kier molecular flexibility index (Phi) is 4.79. The average molecular weight is 353 g/mol. The molecule has 1 atom stereocenters. The number of anilines is 1. The summed E-state index contributed by atoms with van der Waals surface area (Å²) in [4.78, 5) is 31.5. The number of carbonyl (C=O) groups excluding carboxylic acids is 2. The van der Waals surface area contributed by atoms with E-state index in [-0.39, 0.29) is 17.7 Å². The van der Waals surface area contributed by atoms with Crippen LogP contribution in [-0.4, -0.2) is 34.8 Å². The topological polar surface area (TPSA) is 62.3 Å². The van der Waals surface area contributed by atoms with Gasteiger partial charge in [-0.3, -0.25) is 9.59 Å². The summed E-state index contributed by atoms with van der Waals surface area (Å²) in [5.74, 6) is 1.81. The fraction of sp³-hybridized carbons (Fsp3) is 0.571. The lowest BCUT2D eigenvalue weighted by molar-refractivity contribution is -0.130. The Morgan fingerprint density at radius 3 is 2.50 bits per heavy atom. The van der Waals surface area contributed by atoms with E-state index >= 15 is 0 Å². The van der Waals surface area contributed by atoms with Crippen LogP contribution < -0.4 is 5.32 Å². The van der Waals surface area contributed by atoms with Gasteiger partial charge in [0.25, 0.3) is 0 Å². The first-order valence-electron chi connectivity index (χ1n) is 9.85. The summed E-state index contributed by atoms with van der Waals surface area (Å²) >= 11 is 0. The molecule has 3 fully saturated rings. The molecule has 2 heterocycles. The molecule has 0 radical (unpaired) electrons. The molecule has 4 rings (SSSR count). The summed E-state index contributed by atoms with van der Waals surface area (Å²) < 4.78 is 0. The normalized spacial score (nSPS) is 22.7. The van der Waals surface area contributed by atoms with Crippen molar-refractivity contribution in [3.8, 4) is 0 Å². The van der Waals surface area contributed by atoms with Crippen LogP contribution in [0.3, 0.4) is 0 Å². The highest BCUT2D eigenvalue weighted by Crippen LogP contribution is 2.48. The number of pyridine rings is 1. The smallest absolute Gasteiger partial charge is 0.246 e. The van der Waals surface area contributed by atoms with Crippen LogP contribution >= 0.6 is 0 Å². The largest absolute Gasteiger partial charge is 0.338 e. The molecule has 5 heteroatoms. The third-order valence-electron chi connectivity index (χ3n) is 5.63. The molecule has 1 saturated heterocycles. The number of likely N-dealkylation sites (tertiary alicyclic amines) is 1. The molecule has 5 nitrogen and oxygen atoms in total. The summed E-state index contributed by atoms with van der Waals surface area (Å²) in [5, 5.41) is 2.91. The molecule has 2 aliphatic carbocycles. The molecule has 0 bridgehead atoms. The average Bonchev–Trinajstić information content (AvgIpc) is 3.53. The minimum Gasteiger partial charge on any atom is -0.338 e. The van der Waals surface area contributed by atoms with Gasteiger partial charge < -0.3 is 10.2 Å². The maximum atomic E-state index is 12.7. The summed E-state index contributed by atoms with van der Waals surface area (Å²) in [6.45, 7) is 3.17. The lowest BCUT2D eigenvalue weighted by Gasteiger charge is -2.31. The third-order valence-corrected chi connectivity index (χ3v) is 5.63. The first kappa shape index (κ1) is 17.3. The number of piperidine rings is 1. The molecule has 138 valence electrons. The molecule has 1 aromatic rings. The predicted octanol–water partition coefficient (Wildman–Crippen LogP) is 3.31. The van der Waals surface area contributed by atoms with Crippen LogP contribution in [0.15, 0.2) is 29.8 Å². The van der Waals surface area contributed by atoms with Crippen molar-refractivity contribution >= 4 is 17.6 Å². The minimum atomic E-state index is -0.159. The zero-order valence-corrected chi connectivity index (χ0v) is 15.4.